The standard InChI is InChI=1S/C14H15N3O3/c1-18-11-4-5-13(17-9-10(7-15)8-16)12(6-11)14(19-2)20-3/h4-6,9,14,17H,1-3H3. The van der Waals surface area contributed by atoms with Gasteiger partial charge in [0.15, 0.2) is 6.29 Å². The van der Waals surface area contributed by atoms with Gasteiger partial charge in [-0.2, -0.15) is 10.5 Å². The maximum atomic E-state index is 8.71. The van der Waals surface area contributed by atoms with Gasteiger partial charge in [-0.3, -0.25) is 0 Å². The molecule has 20 heavy (non-hydrogen) atoms. The first-order valence-corrected chi connectivity index (χ1v) is 5.70. The molecular weight excluding hydrogens is 258 g/mol. The molecule has 0 heterocycles. The van der Waals surface area contributed by atoms with Crippen LogP contribution in [0.1, 0.15) is 11.9 Å². The number of nitriles is 2. The van der Waals surface area contributed by atoms with Crippen molar-refractivity contribution in [1.82, 2.24) is 0 Å². The topological polar surface area (TPSA) is 87.3 Å². The highest BCUT2D eigenvalue weighted by Crippen LogP contribution is 2.30. The fourth-order valence-corrected chi connectivity index (χ4v) is 1.58. The van der Waals surface area contributed by atoms with E-state index in [0.29, 0.717) is 17.0 Å². The van der Waals surface area contributed by atoms with Gasteiger partial charge < -0.3 is 19.5 Å². The molecule has 1 aromatic rings. The van der Waals surface area contributed by atoms with Crippen LogP contribution < -0.4 is 10.1 Å². The average Bonchev–Trinajstić information content (AvgIpc) is 2.50. The number of hydrogen-bond acceptors (Lipinski definition) is 6. The van der Waals surface area contributed by atoms with Gasteiger partial charge in [-0.1, -0.05) is 0 Å². The number of allylic oxidation sites excluding steroid dienone is 1. The second-order valence-electron chi connectivity index (χ2n) is 3.68. The van der Waals surface area contributed by atoms with Crippen LogP contribution in [0, 0.1) is 22.7 Å². The van der Waals surface area contributed by atoms with E-state index < -0.39 is 6.29 Å². The van der Waals surface area contributed by atoms with E-state index in [1.165, 1.54) is 20.4 Å². The van der Waals surface area contributed by atoms with Gasteiger partial charge in [0.1, 0.15) is 23.5 Å². The van der Waals surface area contributed by atoms with Crippen LogP contribution in [0.4, 0.5) is 5.69 Å². The van der Waals surface area contributed by atoms with E-state index in [0.717, 1.165) is 0 Å². The van der Waals surface area contributed by atoms with Crippen molar-refractivity contribution >= 4 is 5.69 Å². The Hall–Kier alpha value is -2.54. The van der Waals surface area contributed by atoms with E-state index in [-0.39, 0.29) is 5.57 Å². The van der Waals surface area contributed by atoms with Crippen molar-refractivity contribution in [2.45, 2.75) is 6.29 Å². The lowest BCUT2D eigenvalue weighted by Gasteiger charge is -2.18. The molecule has 6 nitrogen and oxygen atoms in total. The number of nitrogens with one attached hydrogen (secondary N) is 1. The largest absolute Gasteiger partial charge is 0.497 e. The summed E-state index contributed by atoms with van der Waals surface area (Å²) in [4.78, 5) is 0. The molecule has 0 aliphatic heterocycles. The zero-order chi connectivity index (χ0) is 15.0. The average molecular weight is 273 g/mol. The van der Waals surface area contributed by atoms with E-state index in [2.05, 4.69) is 5.32 Å². The van der Waals surface area contributed by atoms with Gasteiger partial charge in [0, 0.05) is 31.7 Å². The number of hydrogen-bond donors (Lipinski definition) is 1. The van der Waals surface area contributed by atoms with Crippen LogP contribution in [-0.2, 0) is 9.47 Å². The zero-order valence-electron chi connectivity index (χ0n) is 11.5. The molecule has 0 atom stereocenters. The molecule has 0 saturated heterocycles. The molecule has 1 N–H and O–H groups in total. The van der Waals surface area contributed by atoms with Crippen molar-refractivity contribution < 1.29 is 14.2 Å². The fraction of sp³-hybridized carbons (Fsp3) is 0.286. The summed E-state index contributed by atoms with van der Waals surface area (Å²) in [6.45, 7) is 0. The number of nitrogens with zero attached hydrogens (tertiary/aromatic N) is 2. The van der Waals surface area contributed by atoms with Crippen LogP contribution in [0.3, 0.4) is 0 Å². The second kappa shape index (κ2) is 7.80. The Morgan fingerprint density at radius 3 is 2.35 bits per heavy atom. The first kappa shape index (κ1) is 15.5. The Morgan fingerprint density at radius 2 is 1.85 bits per heavy atom. The molecule has 0 aromatic heterocycles. The highest BCUT2D eigenvalue weighted by atomic mass is 16.7. The summed E-state index contributed by atoms with van der Waals surface area (Å²) in [5.41, 5.74) is 1.32. The predicted molar refractivity (Wildman–Crippen MR) is 72.7 cm³/mol. The summed E-state index contributed by atoms with van der Waals surface area (Å²) in [5, 5.41) is 20.3. The molecule has 0 amide bonds. The summed E-state index contributed by atoms with van der Waals surface area (Å²) < 4.78 is 15.6. The molecule has 0 bridgehead atoms. The van der Waals surface area contributed by atoms with Gasteiger partial charge in [0.2, 0.25) is 0 Å². The molecule has 0 radical (unpaired) electrons. The molecule has 1 aromatic carbocycles. The van der Waals surface area contributed by atoms with E-state index in [4.69, 9.17) is 24.7 Å². The fourth-order valence-electron chi connectivity index (χ4n) is 1.58. The maximum Gasteiger partial charge on any atom is 0.185 e. The summed E-state index contributed by atoms with van der Waals surface area (Å²) >= 11 is 0. The van der Waals surface area contributed by atoms with Crippen molar-refractivity contribution in [1.29, 1.82) is 10.5 Å². The van der Waals surface area contributed by atoms with Crippen LogP contribution in [-0.4, -0.2) is 21.3 Å². The predicted octanol–water partition coefficient (Wildman–Crippen LogP) is 2.33. The Kier molecular flexibility index (Phi) is 6.05. The third kappa shape index (κ3) is 3.72. The summed E-state index contributed by atoms with van der Waals surface area (Å²) in [6.07, 6.45) is 0.738. The van der Waals surface area contributed by atoms with Gasteiger partial charge in [-0.05, 0) is 18.2 Å². The Morgan fingerprint density at radius 1 is 1.20 bits per heavy atom. The van der Waals surface area contributed by atoms with Crippen LogP contribution in [0.15, 0.2) is 30.0 Å². The van der Waals surface area contributed by atoms with Crippen LogP contribution in [0.2, 0.25) is 0 Å². The number of benzene rings is 1. The molecule has 0 spiro atoms. The van der Waals surface area contributed by atoms with Crippen molar-refractivity contribution in [3.63, 3.8) is 0 Å². The minimum atomic E-state index is -0.589. The summed E-state index contributed by atoms with van der Waals surface area (Å²) in [7, 11) is 4.59. The Balaban J connectivity index is 3.16. The first-order valence-electron chi connectivity index (χ1n) is 5.70. The monoisotopic (exact) mass is 273 g/mol. The zero-order valence-corrected chi connectivity index (χ0v) is 11.5. The minimum absolute atomic E-state index is 0.0295. The smallest absolute Gasteiger partial charge is 0.185 e. The van der Waals surface area contributed by atoms with Crippen molar-refractivity contribution in [2.24, 2.45) is 0 Å². The van der Waals surface area contributed by atoms with Crippen molar-refractivity contribution in [3.05, 3.63) is 35.5 Å². The normalized spacial score (nSPS) is 9.50. The lowest BCUT2D eigenvalue weighted by atomic mass is 10.1. The van der Waals surface area contributed by atoms with Crippen molar-refractivity contribution in [2.75, 3.05) is 26.6 Å². The first-order chi connectivity index (χ1) is 9.69. The van der Waals surface area contributed by atoms with E-state index >= 15 is 0 Å². The highest BCUT2D eigenvalue weighted by molar-refractivity contribution is 5.58. The van der Waals surface area contributed by atoms with E-state index in [9.17, 15) is 0 Å². The molecule has 6 heteroatoms. The Labute approximate surface area is 117 Å². The number of ether oxygens (including phenoxy) is 3. The molecule has 1 rings (SSSR count). The van der Waals surface area contributed by atoms with Crippen molar-refractivity contribution in [3.8, 4) is 17.9 Å². The molecule has 0 fully saturated rings. The van der Waals surface area contributed by atoms with Gasteiger partial charge in [0.25, 0.3) is 0 Å². The van der Waals surface area contributed by atoms with Gasteiger partial charge in [0.05, 0.1) is 7.11 Å². The van der Waals surface area contributed by atoms with Crippen LogP contribution in [0.5, 0.6) is 5.75 Å². The molecule has 0 aliphatic carbocycles. The SMILES string of the molecule is COc1ccc(NC=C(C#N)C#N)c(C(OC)OC)c1. The molecule has 0 unspecified atom stereocenters. The molecule has 0 saturated carbocycles. The molecule has 104 valence electrons. The van der Waals surface area contributed by atoms with Gasteiger partial charge >= 0.3 is 0 Å². The van der Waals surface area contributed by atoms with Gasteiger partial charge in [-0.15, -0.1) is 0 Å². The number of rotatable bonds is 6. The molecular formula is C14H15N3O3. The Bertz CT molecular complexity index is 550. The summed E-state index contributed by atoms with van der Waals surface area (Å²) in [6, 6.07) is 8.80. The second-order valence-corrected chi connectivity index (χ2v) is 3.68. The third-order valence-electron chi connectivity index (χ3n) is 2.55. The minimum Gasteiger partial charge on any atom is -0.497 e. The van der Waals surface area contributed by atoms with Crippen LogP contribution >= 0.6 is 0 Å². The van der Waals surface area contributed by atoms with Crippen LogP contribution in [0.25, 0.3) is 0 Å². The third-order valence-corrected chi connectivity index (χ3v) is 2.55. The van der Waals surface area contributed by atoms with Gasteiger partial charge in [-0.25, -0.2) is 0 Å². The molecule has 0 aliphatic rings. The quantitative estimate of drug-likeness (QED) is 0.632. The highest BCUT2D eigenvalue weighted by Gasteiger charge is 2.15. The van der Waals surface area contributed by atoms with E-state index in [1.54, 1.807) is 37.4 Å². The maximum absolute atomic E-state index is 8.71. The van der Waals surface area contributed by atoms with E-state index in [1.807, 2.05) is 0 Å². The lowest BCUT2D eigenvalue weighted by molar-refractivity contribution is -0.105. The lowest BCUT2D eigenvalue weighted by Crippen LogP contribution is -2.07. The summed E-state index contributed by atoms with van der Waals surface area (Å²) in [5.74, 6) is 0.648. The number of anilines is 1. The number of methoxy groups -OCH3 is 3.